The van der Waals surface area contributed by atoms with Gasteiger partial charge in [0.2, 0.25) is 5.91 Å². The second kappa shape index (κ2) is 8.65. The summed E-state index contributed by atoms with van der Waals surface area (Å²) in [7, 11) is 2.65. The molecule has 0 saturated heterocycles. The van der Waals surface area contributed by atoms with Crippen molar-refractivity contribution in [2.75, 3.05) is 31.4 Å². The monoisotopic (exact) mass is 373 g/mol. The molecule has 2 rings (SSSR count). The molecule has 0 aliphatic carbocycles. The van der Waals surface area contributed by atoms with Crippen LogP contribution < -0.4 is 15.4 Å². The molecule has 9 nitrogen and oxygen atoms in total. The van der Waals surface area contributed by atoms with Crippen LogP contribution in [0.4, 0.5) is 17.1 Å². The van der Waals surface area contributed by atoms with Gasteiger partial charge in [-0.2, -0.15) is 0 Å². The van der Waals surface area contributed by atoms with E-state index in [1.165, 1.54) is 32.4 Å². The maximum atomic E-state index is 12.2. The number of hydrogen-bond donors (Lipinski definition) is 2. The van der Waals surface area contributed by atoms with E-state index in [0.29, 0.717) is 16.9 Å². The Morgan fingerprint density at radius 2 is 1.85 bits per heavy atom. The van der Waals surface area contributed by atoms with Crippen molar-refractivity contribution >= 4 is 28.9 Å². The summed E-state index contributed by atoms with van der Waals surface area (Å²) in [5.41, 5.74) is 2.00. The van der Waals surface area contributed by atoms with Crippen molar-refractivity contribution < 1.29 is 24.0 Å². The predicted molar refractivity (Wildman–Crippen MR) is 99.3 cm³/mol. The molecule has 0 atom stereocenters. The highest BCUT2D eigenvalue weighted by atomic mass is 16.6. The van der Waals surface area contributed by atoms with Crippen LogP contribution in [0.3, 0.4) is 0 Å². The van der Waals surface area contributed by atoms with E-state index in [1.54, 1.807) is 18.2 Å². The zero-order valence-electron chi connectivity index (χ0n) is 15.1. The first kappa shape index (κ1) is 19.7. The number of anilines is 2. The van der Waals surface area contributed by atoms with E-state index in [2.05, 4.69) is 15.4 Å². The zero-order chi connectivity index (χ0) is 20.0. The average molecular weight is 373 g/mol. The minimum atomic E-state index is -0.549. The van der Waals surface area contributed by atoms with Crippen LogP contribution >= 0.6 is 0 Å². The van der Waals surface area contributed by atoms with Gasteiger partial charge in [0.25, 0.3) is 5.69 Å². The fourth-order valence-corrected chi connectivity index (χ4v) is 2.32. The number of nitrogens with one attached hydrogen (secondary N) is 2. The van der Waals surface area contributed by atoms with E-state index >= 15 is 0 Å². The van der Waals surface area contributed by atoms with E-state index in [1.807, 2.05) is 6.92 Å². The molecule has 0 heterocycles. The summed E-state index contributed by atoms with van der Waals surface area (Å²) in [6.45, 7) is 1.76. The predicted octanol–water partition coefficient (Wildman–Crippen LogP) is 2.75. The Hall–Kier alpha value is -3.62. The van der Waals surface area contributed by atoms with Gasteiger partial charge in [0.15, 0.2) is 0 Å². The summed E-state index contributed by atoms with van der Waals surface area (Å²) >= 11 is 0. The highest BCUT2D eigenvalue weighted by Gasteiger charge is 2.14. The van der Waals surface area contributed by atoms with Gasteiger partial charge in [-0.1, -0.05) is 6.07 Å². The van der Waals surface area contributed by atoms with Gasteiger partial charge in [0.1, 0.15) is 5.75 Å². The van der Waals surface area contributed by atoms with Crippen LogP contribution in [-0.2, 0) is 9.53 Å². The molecule has 0 aliphatic heterocycles. The van der Waals surface area contributed by atoms with Crippen molar-refractivity contribution in [1.82, 2.24) is 0 Å². The number of aryl methyl sites for hydroxylation is 1. The number of nitro groups is 1. The Morgan fingerprint density at radius 3 is 2.48 bits per heavy atom. The number of benzene rings is 2. The largest absolute Gasteiger partial charge is 0.494 e. The first-order chi connectivity index (χ1) is 12.8. The molecule has 0 aromatic heterocycles. The molecule has 0 bridgehead atoms. The van der Waals surface area contributed by atoms with Gasteiger partial charge in [-0.3, -0.25) is 14.9 Å². The zero-order valence-corrected chi connectivity index (χ0v) is 15.1. The number of carbonyl (C=O) groups is 2. The molecule has 0 unspecified atom stereocenters. The van der Waals surface area contributed by atoms with Gasteiger partial charge in [-0.25, -0.2) is 4.79 Å². The number of esters is 1. The Morgan fingerprint density at radius 1 is 1.11 bits per heavy atom. The second-order valence-corrected chi connectivity index (χ2v) is 5.56. The lowest BCUT2D eigenvalue weighted by atomic mass is 10.1. The molecule has 2 aromatic rings. The summed E-state index contributed by atoms with van der Waals surface area (Å²) in [5.74, 6) is -0.676. The summed E-state index contributed by atoms with van der Waals surface area (Å²) in [5, 5.41) is 16.4. The molecular weight excluding hydrogens is 354 g/mol. The van der Waals surface area contributed by atoms with Crippen LogP contribution in [0.5, 0.6) is 5.75 Å². The van der Waals surface area contributed by atoms with Crippen molar-refractivity contribution in [2.45, 2.75) is 6.92 Å². The summed E-state index contributed by atoms with van der Waals surface area (Å²) in [6, 6.07) is 8.88. The van der Waals surface area contributed by atoms with Crippen molar-refractivity contribution in [1.29, 1.82) is 0 Å². The third-order valence-corrected chi connectivity index (χ3v) is 3.77. The highest BCUT2D eigenvalue weighted by molar-refractivity contribution is 5.96. The smallest absolute Gasteiger partial charge is 0.337 e. The standard InChI is InChI=1S/C18H19N3O6/c1-11-4-5-12(18(23)27-3)8-15(11)19-10-17(22)20-14-7-6-13(21(24)25)9-16(14)26-2/h4-9,19H,10H2,1-3H3,(H,20,22). The van der Waals surface area contributed by atoms with Gasteiger partial charge in [-0.05, 0) is 30.7 Å². The van der Waals surface area contributed by atoms with E-state index in [9.17, 15) is 19.7 Å². The number of amides is 1. The lowest BCUT2D eigenvalue weighted by Gasteiger charge is -2.13. The minimum Gasteiger partial charge on any atom is -0.494 e. The maximum Gasteiger partial charge on any atom is 0.337 e. The lowest BCUT2D eigenvalue weighted by Crippen LogP contribution is -2.22. The average Bonchev–Trinajstić information content (AvgIpc) is 2.66. The number of hydrogen-bond acceptors (Lipinski definition) is 7. The lowest BCUT2D eigenvalue weighted by molar-refractivity contribution is -0.384. The molecule has 142 valence electrons. The molecule has 27 heavy (non-hydrogen) atoms. The molecular formula is C18H19N3O6. The van der Waals surface area contributed by atoms with E-state index in [4.69, 9.17) is 4.74 Å². The number of nitro benzene ring substituents is 1. The molecule has 2 N–H and O–H groups in total. The quantitative estimate of drug-likeness (QED) is 0.435. The summed E-state index contributed by atoms with van der Waals surface area (Å²) < 4.78 is 9.76. The first-order valence-corrected chi connectivity index (χ1v) is 7.90. The van der Waals surface area contributed by atoms with E-state index in [0.717, 1.165) is 5.56 Å². The molecule has 9 heteroatoms. The first-order valence-electron chi connectivity index (χ1n) is 7.90. The number of non-ortho nitro benzene ring substituents is 1. The maximum absolute atomic E-state index is 12.2. The third kappa shape index (κ3) is 4.94. The van der Waals surface area contributed by atoms with Crippen LogP contribution in [0, 0.1) is 17.0 Å². The molecule has 2 aromatic carbocycles. The Labute approximate surface area is 155 Å². The minimum absolute atomic E-state index is 0.0778. The Kier molecular flexibility index (Phi) is 6.32. The van der Waals surface area contributed by atoms with Crippen LogP contribution in [0.2, 0.25) is 0 Å². The highest BCUT2D eigenvalue weighted by Crippen LogP contribution is 2.29. The summed E-state index contributed by atoms with van der Waals surface area (Å²) in [4.78, 5) is 34.1. The van der Waals surface area contributed by atoms with Crippen LogP contribution in [0.25, 0.3) is 0 Å². The fourth-order valence-electron chi connectivity index (χ4n) is 2.32. The topological polar surface area (TPSA) is 120 Å². The van der Waals surface area contributed by atoms with Crippen LogP contribution in [0.15, 0.2) is 36.4 Å². The van der Waals surface area contributed by atoms with E-state index in [-0.39, 0.29) is 23.9 Å². The Balaban J connectivity index is 2.07. The third-order valence-electron chi connectivity index (χ3n) is 3.77. The van der Waals surface area contributed by atoms with Gasteiger partial charge in [0.05, 0.1) is 43.0 Å². The number of nitrogens with zero attached hydrogens (tertiary/aromatic N) is 1. The second-order valence-electron chi connectivity index (χ2n) is 5.56. The van der Waals surface area contributed by atoms with E-state index < -0.39 is 10.9 Å². The van der Waals surface area contributed by atoms with Crippen molar-refractivity contribution in [3.63, 3.8) is 0 Å². The number of rotatable bonds is 7. The van der Waals surface area contributed by atoms with Gasteiger partial charge >= 0.3 is 5.97 Å². The van der Waals surface area contributed by atoms with Crippen molar-refractivity contribution in [3.05, 3.63) is 57.6 Å². The fraction of sp³-hybridized carbons (Fsp3) is 0.222. The normalized spacial score (nSPS) is 10.0. The molecule has 1 amide bonds. The van der Waals surface area contributed by atoms with Gasteiger partial charge in [0, 0.05) is 11.8 Å². The van der Waals surface area contributed by atoms with Crippen molar-refractivity contribution in [2.24, 2.45) is 0 Å². The SMILES string of the molecule is COC(=O)c1ccc(C)c(NCC(=O)Nc2ccc([N+](=O)[O-])cc2OC)c1. The molecule has 0 fully saturated rings. The van der Waals surface area contributed by atoms with Gasteiger partial charge < -0.3 is 20.1 Å². The number of ether oxygens (including phenoxy) is 2. The number of methoxy groups -OCH3 is 2. The molecule has 0 spiro atoms. The van der Waals surface area contributed by atoms with Crippen LogP contribution in [-0.4, -0.2) is 37.6 Å². The van der Waals surface area contributed by atoms with Crippen LogP contribution in [0.1, 0.15) is 15.9 Å². The summed E-state index contributed by atoms with van der Waals surface area (Å²) in [6.07, 6.45) is 0. The Bertz CT molecular complexity index is 881. The number of carbonyl (C=O) groups excluding carboxylic acids is 2. The van der Waals surface area contributed by atoms with Crippen molar-refractivity contribution in [3.8, 4) is 5.75 Å². The molecule has 0 radical (unpaired) electrons. The molecule has 0 aliphatic rings. The van der Waals surface area contributed by atoms with Gasteiger partial charge in [-0.15, -0.1) is 0 Å². The molecule has 0 saturated carbocycles.